The maximum Gasteiger partial charge on any atom is 0.340 e. The Bertz CT molecular complexity index is 837. The Kier molecular flexibility index (Phi) is 6.19. The molecule has 2 aromatic rings. The second-order valence-corrected chi connectivity index (χ2v) is 6.89. The van der Waals surface area contributed by atoms with Crippen LogP contribution in [0.1, 0.15) is 10.4 Å². The van der Waals surface area contributed by atoms with Crippen LogP contribution in [0, 0.1) is 5.82 Å². The molecule has 2 aromatic carbocycles. The molecule has 0 atom stereocenters. The number of piperazine rings is 1. The van der Waals surface area contributed by atoms with Gasteiger partial charge in [0.1, 0.15) is 5.82 Å². The van der Waals surface area contributed by atoms with Gasteiger partial charge >= 0.3 is 5.97 Å². The SMILES string of the molecule is O=C(OCC(=O)N1CCN(c2ccc(F)cc2)CC1)c1ccc(Cl)cc1Cl. The van der Waals surface area contributed by atoms with Crippen molar-refractivity contribution in [3.05, 3.63) is 63.9 Å². The van der Waals surface area contributed by atoms with E-state index in [2.05, 4.69) is 4.90 Å². The average Bonchev–Trinajstić information content (AvgIpc) is 2.66. The first-order chi connectivity index (χ1) is 12.9. The van der Waals surface area contributed by atoms with E-state index >= 15 is 0 Å². The van der Waals surface area contributed by atoms with E-state index in [1.807, 2.05) is 0 Å². The Morgan fingerprint density at radius 2 is 1.67 bits per heavy atom. The molecule has 0 aromatic heterocycles. The van der Waals surface area contributed by atoms with E-state index in [4.69, 9.17) is 27.9 Å². The first-order valence-corrected chi connectivity index (χ1v) is 9.10. The molecule has 1 fully saturated rings. The Labute approximate surface area is 166 Å². The van der Waals surface area contributed by atoms with Gasteiger partial charge in [-0.25, -0.2) is 9.18 Å². The maximum absolute atomic E-state index is 13.0. The summed E-state index contributed by atoms with van der Waals surface area (Å²) in [6, 6.07) is 10.7. The van der Waals surface area contributed by atoms with Crippen molar-refractivity contribution in [1.29, 1.82) is 0 Å². The molecule has 1 saturated heterocycles. The molecule has 1 heterocycles. The molecular weight excluding hydrogens is 394 g/mol. The van der Waals surface area contributed by atoms with Crippen molar-refractivity contribution >= 4 is 40.8 Å². The van der Waals surface area contributed by atoms with E-state index in [0.717, 1.165) is 5.69 Å². The molecule has 0 radical (unpaired) electrons. The summed E-state index contributed by atoms with van der Waals surface area (Å²) in [6.45, 7) is 1.88. The summed E-state index contributed by atoms with van der Waals surface area (Å²) in [5.41, 5.74) is 1.07. The van der Waals surface area contributed by atoms with Gasteiger partial charge in [-0.1, -0.05) is 23.2 Å². The van der Waals surface area contributed by atoms with Gasteiger partial charge < -0.3 is 14.5 Å². The summed E-state index contributed by atoms with van der Waals surface area (Å²) in [5, 5.41) is 0.583. The largest absolute Gasteiger partial charge is 0.452 e. The van der Waals surface area contributed by atoms with Gasteiger partial charge in [-0.05, 0) is 42.5 Å². The first-order valence-electron chi connectivity index (χ1n) is 8.34. The maximum atomic E-state index is 13.0. The van der Waals surface area contributed by atoms with Crippen molar-refractivity contribution in [1.82, 2.24) is 4.90 Å². The molecule has 0 saturated carbocycles. The Morgan fingerprint density at radius 1 is 1.00 bits per heavy atom. The summed E-state index contributed by atoms with van der Waals surface area (Å²) in [5.74, 6) is -1.22. The number of benzene rings is 2. The van der Waals surface area contributed by atoms with E-state index in [1.165, 1.54) is 30.3 Å². The highest BCUT2D eigenvalue weighted by atomic mass is 35.5. The van der Waals surface area contributed by atoms with Crippen LogP contribution in [0.4, 0.5) is 10.1 Å². The number of ether oxygens (including phenoxy) is 1. The smallest absolute Gasteiger partial charge is 0.340 e. The molecule has 142 valence electrons. The van der Waals surface area contributed by atoms with Crippen LogP contribution in [0.25, 0.3) is 0 Å². The molecule has 1 aliphatic rings. The van der Waals surface area contributed by atoms with Gasteiger partial charge in [0.05, 0.1) is 10.6 Å². The second-order valence-electron chi connectivity index (χ2n) is 6.04. The summed E-state index contributed by atoms with van der Waals surface area (Å²) < 4.78 is 18.1. The molecule has 1 aliphatic heterocycles. The van der Waals surface area contributed by atoms with E-state index in [9.17, 15) is 14.0 Å². The predicted molar refractivity (Wildman–Crippen MR) is 102 cm³/mol. The van der Waals surface area contributed by atoms with Crippen molar-refractivity contribution in [3.63, 3.8) is 0 Å². The normalized spacial score (nSPS) is 14.2. The standard InChI is InChI=1S/C19H17Cl2FN2O3/c20-13-1-6-16(17(21)11-13)19(26)27-12-18(25)24-9-7-23(8-10-24)15-4-2-14(22)3-5-15/h1-6,11H,7-10,12H2. The van der Waals surface area contributed by atoms with Crippen LogP contribution in [-0.2, 0) is 9.53 Å². The number of hydrogen-bond donors (Lipinski definition) is 0. The minimum Gasteiger partial charge on any atom is -0.452 e. The van der Waals surface area contributed by atoms with Gasteiger partial charge in [0, 0.05) is 36.9 Å². The van der Waals surface area contributed by atoms with Crippen molar-refractivity contribution < 1.29 is 18.7 Å². The van der Waals surface area contributed by atoms with Crippen LogP contribution < -0.4 is 4.90 Å². The van der Waals surface area contributed by atoms with Crippen LogP contribution >= 0.6 is 23.2 Å². The predicted octanol–water partition coefficient (Wildman–Crippen LogP) is 3.64. The highest BCUT2D eigenvalue weighted by Gasteiger charge is 2.23. The lowest BCUT2D eigenvalue weighted by molar-refractivity contribution is -0.134. The average molecular weight is 411 g/mol. The third kappa shape index (κ3) is 4.90. The highest BCUT2D eigenvalue weighted by Crippen LogP contribution is 2.22. The topological polar surface area (TPSA) is 49.9 Å². The van der Waals surface area contributed by atoms with E-state index < -0.39 is 5.97 Å². The number of halogens is 3. The Balaban J connectivity index is 1.49. The summed E-state index contributed by atoms with van der Waals surface area (Å²) in [4.78, 5) is 28.1. The Hall–Kier alpha value is -2.31. The van der Waals surface area contributed by atoms with Gasteiger partial charge in [0.25, 0.3) is 5.91 Å². The first kappa shape index (κ1) is 19.5. The summed E-state index contributed by atoms with van der Waals surface area (Å²) in [7, 11) is 0. The zero-order valence-electron chi connectivity index (χ0n) is 14.3. The van der Waals surface area contributed by atoms with Crippen LogP contribution in [-0.4, -0.2) is 49.6 Å². The number of anilines is 1. The monoisotopic (exact) mass is 410 g/mol. The molecule has 0 spiro atoms. The molecule has 0 unspecified atom stereocenters. The summed E-state index contributed by atoms with van der Waals surface area (Å²) in [6.07, 6.45) is 0. The number of esters is 1. The molecule has 27 heavy (non-hydrogen) atoms. The van der Waals surface area contributed by atoms with Crippen molar-refractivity contribution in [2.75, 3.05) is 37.7 Å². The molecule has 1 amide bonds. The molecule has 3 rings (SSSR count). The van der Waals surface area contributed by atoms with Gasteiger partial charge in [0.2, 0.25) is 0 Å². The molecular formula is C19H17Cl2FN2O3. The third-order valence-electron chi connectivity index (χ3n) is 4.30. The fourth-order valence-electron chi connectivity index (χ4n) is 2.82. The number of carbonyl (C=O) groups excluding carboxylic acids is 2. The summed E-state index contributed by atoms with van der Waals surface area (Å²) >= 11 is 11.8. The highest BCUT2D eigenvalue weighted by molar-refractivity contribution is 6.36. The molecule has 0 N–H and O–H groups in total. The van der Waals surface area contributed by atoms with E-state index in [1.54, 1.807) is 17.0 Å². The van der Waals surface area contributed by atoms with E-state index in [0.29, 0.717) is 31.2 Å². The molecule has 8 heteroatoms. The number of amides is 1. The van der Waals surface area contributed by atoms with Crippen LogP contribution in [0.3, 0.4) is 0 Å². The fraction of sp³-hybridized carbons (Fsp3) is 0.263. The van der Waals surface area contributed by atoms with Crippen molar-refractivity contribution in [3.8, 4) is 0 Å². The molecule has 5 nitrogen and oxygen atoms in total. The minimum atomic E-state index is -0.671. The van der Waals surface area contributed by atoms with Crippen LogP contribution in [0.2, 0.25) is 10.0 Å². The van der Waals surface area contributed by atoms with Gasteiger partial charge in [-0.3, -0.25) is 4.79 Å². The third-order valence-corrected chi connectivity index (χ3v) is 4.85. The molecule has 0 bridgehead atoms. The number of carbonyl (C=O) groups is 2. The lowest BCUT2D eigenvalue weighted by atomic mass is 10.2. The van der Waals surface area contributed by atoms with Gasteiger partial charge in [0.15, 0.2) is 6.61 Å². The van der Waals surface area contributed by atoms with Crippen LogP contribution in [0.15, 0.2) is 42.5 Å². The second kappa shape index (κ2) is 8.59. The molecule has 0 aliphatic carbocycles. The lowest BCUT2D eigenvalue weighted by Crippen LogP contribution is -2.49. The van der Waals surface area contributed by atoms with Gasteiger partial charge in [-0.15, -0.1) is 0 Å². The Morgan fingerprint density at radius 3 is 2.30 bits per heavy atom. The van der Waals surface area contributed by atoms with Crippen molar-refractivity contribution in [2.24, 2.45) is 0 Å². The minimum absolute atomic E-state index is 0.162. The number of rotatable bonds is 4. The zero-order chi connectivity index (χ0) is 19.4. The zero-order valence-corrected chi connectivity index (χ0v) is 15.8. The number of nitrogens with zero attached hydrogens (tertiary/aromatic N) is 2. The van der Waals surface area contributed by atoms with E-state index in [-0.39, 0.29) is 28.9 Å². The van der Waals surface area contributed by atoms with Crippen molar-refractivity contribution in [2.45, 2.75) is 0 Å². The van der Waals surface area contributed by atoms with Gasteiger partial charge in [-0.2, -0.15) is 0 Å². The van der Waals surface area contributed by atoms with Crippen LogP contribution in [0.5, 0.6) is 0 Å². The fourth-order valence-corrected chi connectivity index (χ4v) is 3.30. The number of hydrogen-bond acceptors (Lipinski definition) is 4. The lowest BCUT2D eigenvalue weighted by Gasteiger charge is -2.36. The quantitative estimate of drug-likeness (QED) is 0.721.